The van der Waals surface area contributed by atoms with Gasteiger partial charge in [-0.15, -0.1) is 0 Å². The number of carboxylic acid groups (broad SMARTS) is 1. The lowest BCUT2D eigenvalue weighted by molar-refractivity contribution is -0.305. The Hall–Kier alpha value is -0.610. The molecule has 1 aliphatic rings. The molecule has 1 N–H and O–H groups in total. The summed E-state index contributed by atoms with van der Waals surface area (Å²) in [5.74, 6) is -0.995. The summed E-state index contributed by atoms with van der Waals surface area (Å²) >= 11 is 0. The number of morpholine rings is 1. The number of aliphatic carboxylic acids is 1. The van der Waals surface area contributed by atoms with Gasteiger partial charge in [-0.2, -0.15) is 0 Å². The van der Waals surface area contributed by atoms with Crippen molar-refractivity contribution in [3.05, 3.63) is 0 Å². The third kappa shape index (κ3) is 7.50. The highest BCUT2D eigenvalue weighted by Crippen LogP contribution is 1.91. The molecule has 1 atom stereocenters. The third-order valence-electron chi connectivity index (χ3n) is 1.40. The molecular weight excluding hydrogens is 158 g/mol. The quantitative estimate of drug-likeness (QED) is 0.562. The number of carbonyl (C=O) groups excluding carboxylic acids is 1. The molecule has 4 heteroatoms. The Balaban J connectivity index is 0.000000217. The van der Waals surface area contributed by atoms with Gasteiger partial charge in [0.15, 0.2) is 0 Å². The van der Waals surface area contributed by atoms with E-state index in [1.165, 1.54) is 6.92 Å². The summed E-state index contributed by atoms with van der Waals surface area (Å²) in [4.78, 5) is 9.26. The molecular formula is C8H16NO3-. The molecule has 1 aliphatic heterocycles. The van der Waals surface area contributed by atoms with E-state index in [4.69, 9.17) is 4.74 Å². The van der Waals surface area contributed by atoms with E-state index < -0.39 is 5.97 Å². The van der Waals surface area contributed by atoms with Crippen LogP contribution in [-0.4, -0.2) is 31.8 Å². The molecule has 12 heavy (non-hydrogen) atoms. The number of rotatable bonds is 1. The van der Waals surface area contributed by atoms with E-state index in [1.807, 2.05) is 0 Å². The van der Waals surface area contributed by atoms with Crippen molar-refractivity contribution in [1.29, 1.82) is 0 Å². The van der Waals surface area contributed by atoms with Gasteiger partial charge in [0.05, 0.1) is 12.7 Å². The van der Waals surface area contributed by atoms with Crippen LogP contribution in [0.5, 0.6) is 0 Å². The molecule has 0 aromatic carbocycles. The fraction of sp³-hybridized carbons (Fsp3) is 0.875. The van der Waals surface area contributed by atoms with Gasteiger partial charge in [0.2, 0.25) is 0 Å². The molecule has 1 unspecified atom stereocenters. The number of hydrogen-bond donors (Lipinski definition) is 1. The lowest BCUT2D eigenvalue weighted by Crippen LogP contribution is -2.36. The first-order valence-electron chi connectivity index (χ1n) is 4.19. The minimum Gasteiger partial charge on any atom is -0.550 e. The number of hydrogen-bond acceptors (Lipinski definition) is 4. The summed E-state index contributed by atoms with van der Waals surface area (Å²) < 4.78 is 5.22. The Morgan fingerprint density at radius 2 is 2.33 bits per heavy atom. The van der Waals surface area contributed by atoms with Crippen LogP contribution in [0.1, 0.15) is 20.3 Å². The lowest BCUT2D eigenvalue weighted by atomic mass is 10.3. The van der Waals surface area contributed by atoms with E-state index >= 15 is 0 Å². The van der Waals surface area contributed by atoms with Crippen molar-refractivity contribution >= 4 is 5.97 Å². The minimum atomic E-state index is -0.995. The highest BCUT2D eigenvalue weighted by Gasteiger charge is 2.04. The van der Waals surface area contributed by atoms with Gasteiger partial charge in [-0.3, -0.25) is 0 Å². The van der Waals surface area contributed by atoms with Crippen LogP contribution in [0.3, 0.4) is 0 Å². The normalized spacial score (nSPS) is 22.3. The fourth-order valence-electron chi connectivity index (χ4n) is 0.697. The van der Waals surface area contributed by atoms with Gasteiger partial charge >= 0.3 is 0 Å². The van der Waals surface area contributed by atoms with E-state index in [9.17, 15) is 9.90 Å². The van der Waals surface area contributed by atoms with Gasteiger partial charge in [0.25, 0.3) is 0 Å². The van der Waals surface area contributed by atoms with Crippen LogP contribution in [0.15, 0.2) is 0 Å². The summed E-state index contributed by atoms with van der Waals surface area (Å²) in [5.41, 5.74) is 0. The zero-order valence-electron chi connectivity index (χ0n) is 7.63. The number of carbonyl (C=O) groups is 1. The molecule has 0 aliphatic carbocycles. The summed E-state index contributed by atoms with van der Waals surface area (Å²) in [6.45, 7) is 6.52. The number of nitrogens with one attached hydrogen (secondary N) is 1. The maximum absolute atomic E-state index is 9.26. The molecule has 0 radical (unpaired) electrons. The summed E-state index contributed by atoms with van der Waals surface area (Å²) in [6.07, 6.45) is 0.536. The predicted molar refractivity (Wildman–Crippen MR) is 43.6 cm³/mol. The summed E-state index contributed by atoms with van der Waals surface area (Å²) in [5, 5.41) is 12.5. The van der Waals surface area contributed by atoms with E-state index in [2.05, 4.69) is 12.2 Å². The zero-order chi connectivity index (χ0) is 9.40. The predicted octanol–water partition coefficient (Wildman–Crippen LogP) is -0.859. The molecule has 0 spiro atoms. The first kappa shape index (κ1) is 11.4. The van der Waals surface area contributed by atoms with E-state index in [1.54, 1.807) is 0 Å². The van der Waals surface area contributed by atoms with Crippen LogP contribution >= 0.6 is 0 Å². The van der Waals surface area contributed by atoms with E-state index in [0.717, 1.165) is 19.7 Å². The van der Waals surface area contributed by atoms with E-state index in [-0.39, 0.29) is 6.42 Å². The molecule has 0 saturated carbocycles. The number of carboxylic acids is 1. The Bertz CT molecular complexity index is 121. The zero-order valence-corrected chi connectivity index (χ0v) is 7.63. The highest BCUT2D eigenvalue weighted by atomic mass is 16.5. The maximum atomic E-state index is 9.26. The van der Waals surface area contributed by atoms with Crippen LogP contribution in [0, 0.1) is 0 Å². The van der Waals surface area contributed by atoms with Crippen LogP contribution in [0.4, 0.5) is 0 Å². The first-order valence-corrected chi connectivity index (χ1v) is 4.19. The summed E-state index contributed by atoms with van der Waals surface area (Å²) in [7, 11) is 0. The first-order chi connectivity index (χ1) is 5.66. The third-order valence-corrected chi connectivity index (χ3v) is 1.40. The van der Waals surface area contributed by atoms with Crippen molar-refractivity contribution in [2.75, 3.05) is 19.7 Å². The molecule has 0 aromatic rings. The molecule has 4 nitrogen and oxygen atoms in total. The SMILES string of the molecule is CC1CNCCO1.CCC(=O)[O-]. The smallest absolute Gasteiger partial charge is 0.0672 e. The highest BCUT2D eigenvalue weighted by molar-refractivity contribution is 5.63. The van der Waals surface area contributed by atoms with Crippen LogP contribution in [0.25, 0.3) is 0 Å². The molecule has 72 valence electrons. The standard InChI is InChI=1S/C5H11NO.C3H6O2/c1-5-4-6-2-3-7-5;1-2-3(4)5/h5-6H,2-4H2,1H3;2H2,1H3,(H,4,5)/p-1. The maximum Gasteiger partial charge on any atom is 0.0672 e. The van der Waals surface area contributed by atoms with Gasteiger partial charge in [0, 0.05) is 19.1 Å². The van der Waals surface area contributed by atoms with Crippen molar-refractivity contribution in [2.24, 2.45) is 0 Å². The van der Waals surface area contributed by atoms with Crippen molar-refractivity contribution in [3.8, 4) is 0 Å². The van der Waals surface area contributed by atoms with Gasteiger partial charge in [-0.25, -0.2) is 0 Å². The Morgan fingerprint density at radius 1 is 1.75 bits per heavy atom. The van der Waals surface area contributed by atoms with Gasteiger partial charge < -0.3 is 20.0 Å². The lowest BCUT2D eigenvalue weighted by Gasteiger charge is -2.18. The van der Waals surface area contributed by atoms with Gasteiger partial charge in [0.1, 0.15) is 0 Å². The second-order valence-corrected chi connectivity index (χ2v) is 2.61. The topological polar surface area (TPSA) is 61.4 Å². The average Bonchev–Trinajstić information content (AvgIpc) is 2.07. The van der Waals surface area contributed by atoms with Crippen LogP contribution < -0.4 is 10.4 Å². The second-order valence-electron chi connectivity index (χ2n) is 2.61. The molecule has 1 fully saturated rings. The van der Waals surface area contributed by atoms with Gasteiger partial charge in [-0.05, 0) is 13.3 Å². The monoisotopic (exact) mass is 174 g/mol. The van der Waals surface area contributed by atoms with Crippen molar-refractivity contribution in [2.45, 2.75) is 26.4 Å². The molecule has 1 rings (SSSR count). The Morgan fingerprint density at radius 3 is 2.50 bits per heavy atom. The van der Waals surface area contributed by atoms with Crippen molar-refractivity contribution in [3.63, 3.8) is 0 Å². The molecule has 0 bridgehead atoms. The van der Waals surface area contributed by atoms with Crippen LogP contribution in [0.2, 0.25) is 0 Å². The molecule has 1 heterocycles. The average molecular weight is 174 g/mol. The van der Waals surface area contributed by atoms with Crippen LogP contribution in [-0.2, 0) is 9.53 Å². The second kappa shape index (κ2) is 7.06. The Kier molecular flexibility index (Phi) is 6.70. The van der Waals surface area contributed by atoms with Gasteiger partial charge in [-0.1, -0.05) is 6.92 Å². The largest absolute Gasteiger partial charge is 0.550 e. The fourth-order valence-corrected chi connectivity index (χ4v) is 0.697. The molecule has 0 amide bonds. The Labute approximate surface area is 72.9 Å². The minimum absolute atomic E-state index is 0.111. The van der Waals surface area contributed by atoms with E-state index in [0.29, 0.717) is 6.10 Å². The molecule has 0 aromatic heterocycles. The van der Waals surface area contributed by atoms with Crippen molar-refractivity contribution in [1.82, 2.24) is 5.32 Å². The summed E-state index contributed by atoms with van der Waals surface area (Å²) in [6, 6.07) is 0. The molecule has 1 saturated heterocycles. The number of ether oxygens (including phenoxy) is 1. The van der Waals surface area contributed by atoms with Crippen molar-refractivity contribution < 1.29 is 14.6 Å².